The van der Waals surface area contributed by atoms with Crippen molar-refractivity contribution in [1.82, 2.24) is 0 Å². The van der Waals surface area contributed by atoms with E-state index in [1.165, 1.54) is 24.9 Å². The molecule has 17 heavy (non-hydrogen) atoms. The standard InChI is InChI=1S/C13H18N2OS/c1-10(16)15-13-4-2-3-12(7-13)14-8-11-5-6-17-9-11/h2-4,7,11,14H,5-6,8-9H2,1H3,(H,15,16). The van der Waals surface area contributed by atoms with Crippen molar-refractivity contribution in [2.75, 3.05) is 28.7 Å². The third kappa shape index (κ3) is 3.97. The molecule has 1 fully saturated rings. The second kappa shape index (κ2) is 5.96. The number of hydrogen-bond donors (Lipinski definition) is 2. The van der Waals surface area contributed by atoms with Gasteiger partial charge in [0.15, 0.2) is 0 Å². The summed E-state index contributed by atoms with van der Waals surface area (Å²) in [5, 5.41) is 6.23. The molecule has 1 atom stereocenters. The van der Waals surface area contributed by atoms with E-state index in [9.17, 15) is 4.79 Å². The van der Waals surface area contributed by atoms with Crippen molar-refractivity contribution in [2.24, 2.45) is 5.92 Å². The second-order valence-electron chi connectivity index (χ2n) is 4.37. The Bertz CT molecular complexity index is 389. The van der Waals surface area contributed by atoms with Gasteiger partial charge in [0.05, 0.1) is 0 Å². The highest BCUT2D eigenvalue weighted by Crippen LogP contribution is 2.24. The number of benzene rings is 1. The summed E-state index contributed by atoms with van der Waals surface area (Å²) >= 11 is 2.03. The van der Waals surface area contributed by atoms with E-state index >= 15 is 0 Å². The number of rotatable bonds is 4. The van der Waals surface area contributed by atoms with Crippen molar-refractivity contribution < 1.29 is 4.79 Å². The molecule has 2 N–H and O–H groups in total. The molecule has 1 aliphatic rings. The molecule has 1 saturated heterocycles. The van der Waals surface area contributed by atoms with Crippen LogP contribution >= 0.6 is 11.8 Å². The van der Waals surface area contributed by atoms with Crippen molar-refractivity contribution in [2.45, 2.75) is 13.3 Å². The lowest BCUT2D eigenvalue weighted by molar-refractivity contribution is -0.114. The maximum absolute atomic E-state index is 11.0. The molecule has 2 rings (SSSR count). The fraction of sp³-hybridized carbons (Fsp3) is 0.462. The van der Waals surface area contributed by atoms with E-state index in [1.807, 2.05) is 36.0 Å². The normalized spacial score (nSPS) is 19.0. The number of carbonyl (C=O) groups excluding carboxylic acids is 1. The summed E-state index contributed by atoms with van der Waals surface area (Å²) in [6.07, 6.45) is 1.31. The first-order valence-electron chi connectivity index (χ1n) is 5.93. The van der Waals surface area contributed by atoms with Gasteiger partial charge in [0.2, 0.25) is 5.91 Å². The molecule has 3 nitrogen and oxygen atoms in total. The van der Waals surface area contributed by atoms with Gasteiger partial charge in [0.25, 0.3) is 0 Å². The number of carbonyl (C=O) groups is 1. The largest absolute Gasteiger partial charge is 0.385 e. The van der Waals surface area contributed by atoms with E-state index in [0.717, 1.165) is 23.8 Å². The van der Waals surface area contributed by atoms with E-state index in [1.54, 1.807) is 0 Å². The first kappa shape index (κ1) is 12.3. The van der Waals surface area contributed by atoms with Crippen LogP contribution in [0.4, 0.5) is 11.4 Å². The van der Waals surface area contributed by atoms with E-state index in [2.05, 4.69) is 10.6 Å². The van der Waals surface area contributed by atoms with Gasteiger partial charge >= 0.3 is 0 Å². The highest BCUT2D eigenvalue weighted by Gasteiger charge is 2.14. The number of anilines is 2. The molecule has 0 bridgehead atoms. The molecule has 1 aromatic rings. The van der Waals surface area contributed by atoms with Crippen molar-refractivity contribution >= 4 is 29.0 Å². The second-order valence-corrected chi connectivity index (χ2v) is 5.52. The molecule has 0 spiro atoms. The van der Waals surface area contributed by atoms with Crippen LogP contribution in [0.2, 0.25) is 0 Å². The summed E-state index contributed by atoms with van der Waals surface area (Å²) in [6, 6.07) is 7.87. The summed E-state index contributed by atoms with van der Waals surface area (Å²) in [6.45, 7) is 2.55. The predicted octanol–water partition coefficient (Wildman–Crippen LogP) is 2.81. The number of thioether (sulfide) groups is 1. The van der Waals surface area contributed by atoms with Crippen LogP contribution in [0.15, 0.2) is 24.3 Å². The van der Waals surface area contributed by atoms with E-state index in [0.29, 0.717) is 0 Å². The van der Waals surface area contributed by atoms with Gasteiger partial charge in [-0.1, -0.05) is 6.07 Å². The minimum atomic E-state index is -0.0330. The average Bonchev–Trinajstić information content (AvgIpc) is 2.79. The van der Waals surface area contributed by atoms with Gasteiger partial charge in [-0.25, -0.2) is 0 Å². The van der Waals surface area contributed by atoms with Gasteiger partial charge in [0, 0.05) is 24.8 Å². The van der Waals surface area contributed by atoms with Gasteiger partial charge in [-0.15, -0.1) is 0 Å². The first-order chi connectivity index (χ1) is 8.24. The molecule has 1 amide bonds. The average molecular weight is 250 g/mol. The predicted molar refractivity (Wildman–Crippen MR) is 74.7 cm³/mol. The quantitative estimate of drug-likeness (QED) is 0.863. The zero-order valence-electron chi connectivity index (χ0n) is 10.0. The smallest absolute Gasteiger partial charge is 0.221 e. The summed E-state index contributed by atoms with van der Waals surface area (Å²) < 4.78 is 0. The first-order valence-corrected chi connectivity index (χ1v) is 7.09. The Morgan fingerprint density at radius 2 is 2.29 bits per heavy atom. The molecule has 0 aromatic heterocycles. The molecule has 4 heteroatoms. The zero-order chi connectivity index (χ0) is 12.1. The van der Waals surface area contributed by atoms with Gasteiger partial charge in [-0.3, -0.25) is 4.79 Å². The van der Waals surface area contributed by atoms with Crippen LogP contribution in [0.5, 0.6) is 0 Å². The Morgan fingerprint density at radius 3 is 3.00 bits per heavy atom. The van der Waals surface area contributed by atoms with Crippen LogP contribution in [-0.2, 0) is 4.79 Å². The number of amides is 1. The Labute approximate surface area is 106 Å². The summed E-state index contributed by atoms with van der Waals surface area (Å²) in [4.78, 5) is 11.0. The Hall–Kier alpha value is -1.16. The van der Waals surface area contributed by atoms with Crippen molar-refractivity contribution in [1.29, 1.82) is 0 Å². The highest BCUT2D eigenvalue weighted by molar-refractivity contribution is 7.99. The minimum absolute atomic E-state index is 0.0330. The van der Waals surface area contributed by atoms with Crippen molar-refractivity contribution in [3.8, 4) is 0 Å². The van der Waals surface area contributed by atoms with Crippen LogP contribution in [0.3, 0.4) is 0 Å². The fourth-order valence-corrected chi connectivity index (χ4v) is 3.20. The molecule has 0 saturated carbocycles. The number of nitrogens with one attached hydrogen (secondary N) is 2. The highest BCUT2D eigenvalue weighted by atomic mass is 32.2. The van der Waals surface area contributed by atoms with Crippen LogP contribution in [0.25, 0.3) is 0 Å². The lowest BCUT2D eigenvalue weighted by Crippen LogP contribution is -2.13. The molecule has 1 aromatic carbocycles. The molecular weight excluding hydrogens is 232 g/mol. The lowest BCUT2D eigenvalue weighted by atomic mass is 10.1. The van der Waals surface area contributed by atoms with Crippen molar-refractivity contribution in [3.63, 3.8) is 0 Å². The molecule has 92 valence electrons. The molecule has 0 aliphatic carbocycles. The third-order valence-electron chi connectivity index (χ3n) is 2.80. The van der Waals surface area contributed by atoms with Gasteiger partial charge < -0.3 is 10.6 Å². The molecule has 1 heterocycles. The van der Waals surface area contributed by atoms with Gasteiger partial charge in [-0.05, 0) is 42.0 Å². The Balaban J connectivity index is 1.88. The third-order valence-corrected chi connectivity index (χ3v) is 4.03. The van der Waals surface area contributed by atoms with E-state index < -0.39 is 0 Å². The van der Waals surface area contributed by atoms with Crippen LogP contribution in [-0.4, -0.2) is 24.0 Å². The summed E-state index contributed by atoms with van der Waals surface area (Å²) in [5.41, 5.74) is 1.93. The number of hydrogen-bond acceptors (Lipinski definition) is 3. The van der Waals surface area contributed by atoms with Crippen LogP contribution < -0.4 is 10.6 Å². The monoisotopic (exact) mass is 250 g/mol. The van der Waals surface area contributed by atoms with E-state index in [4.69, 9.17) is 0 Å². The summed E-state index contributed by atoms with van der Waals surface area (Å²) in [5.74, 6) is 3.30. The fourth-order valence-electron chi connectivity index (χ4n) is 1.92. The minimum Gasteiger partial charge on any atom is -0.385 e. The van der Waals surface area contributed by atoms with E-state index in [-0.39, 0.29) is 5.91 Å². The van der Waals surface area contributed by atoms with Gasteiger partial charge in [-0.2, -0.15) is 11.8 Å². The topological polar surface area (TPSA) is 41.1 Å². The van der Waals surface area contributed by atoms with Crippen molar-refractivity contribution in [3.05, 3.63) is 24.3 Å². The maximum Gasteiger partial charge on any atom is 0.221 e. The van der Waals surface area contributed by atoms with Gasteiger partial charge in [0.1, 0.15) is 0 Å². The summed E-state index contributed by atoms with van der Waals surface area (Å²) in [7, 11) is 0. The molecular formula is C13H18N2OS. The maximum atomic E-state index is 11.0. The zero-order valence-corrected chi connectivity index (χ0v) is 10.8. The Kier molecular flexibility index (Phi) is 4.31. The SMILES string of the molecule is CC(=O)Nc1cccc(NCC2CCSC2)c1. The molecule has 1 aliphatic heterocycles. The lowest BCUT2D eigenvalue weighted by Gasteiger charge is -2.12. The Morgan fingerprint density at radius 1 is 1.47 bits per heavy atom. The molecule has 0 radical (unpaired) electrons. The van der Waals surface area contributed by atoms with Crippen LogP contribution in [0.1, 0.15) is 13.3 Å². The van der Waals surface area contributed by atoms with Crippen LogP contribution in [0, 0.1) is 5.92 Å². The molecule has 1 unspecified atom stereocenters.